The molecule has 19 heavy (non-hydrogen) atoms. The normalized spacial score (nSPS) is 12.2. The molecule has 0 fully saturated rings. The van der Waals surface area contributed by atoms with Crippen LogP contribution in [0.4, 0.5) is 5.69 Å². The summed E-state index contributed by atoms with van der Waals surface area (Å²) in [6.07, 6.45) is 1.82. The first-order valence-corrected chi connectivity index (χ1v) is 7.87. The summed E-state index contributed by atoms with van der Waals surface area (Å²) in [6, 6.07) is 7.19. The lowest BCUT2D eigenvalue weighted by Crippen LogP contribution is -2.43. The number of carbonyl (C=O) groups excluding carboxylic acids is 1. The highest BCUT2D eigenvalue weighted by Gasteiger charge is 2.38. The third-order valence-electron chi connectivity index (χ3n) is 3.12. The van der Waals surface area contributed by atoms with Crippen molar-refractivity contribution in [1.29, 1.82) is 0 Å². The van der Waals surface area contributed by atoms with Crippen LogP contribution in [0.5, 0.6) is 0 Å². The molecular formula is C13H20N2O3S. The molecular weight excluding hydrogens is 264 g/mol. The van der Waals surface area contributed by atoms with Gasteiger partial charge in [0, 0.05) is 11.9 Å². The number of nitrogens with two attached hydrogens (primary N) is 1. The smallest absolute Gasteiger partial charge is 0.245 e. The van der Waals surface area contributed by atoms with Crippen LogP contribution in [0.25, 0.3) is 0 Å². The van der Waals surface area contributed by atoms with Gasteiger partial charge in [-0.3, -0.25) is 4.79 Å². The van der Waals surface area contributed by atoms with Gasteiger partial charge in [-0.05, 0) is 44.5 Å². The Morgan fingerprint density at radius 3 is 2.21 bits per heavy atom. The first kappa shape index (κ1) is 15.7. The van der Waals surface area contributed by atoms with Crippen molar-refractivity contribution in [3.05, 3.63) is 29.8 Å². The van der Waals surface area contributed by atoms with E-state index < -0.39 is 20.5 Å². The van der Waals surface area contributed by atoms with Gasteiger partial charge in [-0.25, -0.2) is 8.42 Å². The molecule has 0 saturated heterocycles. The topological polar surface area (TPSA) is 89.3 Å². The second kappa shape index (κ2) is 5.71. The number of carbonyl (C=O) groups is 1. The third kappa shape index (κ3) is 3.78. The van der Waals surface area contributed by atoms with Crippen LogP contribution in [0.15, 0.2) is 24.3 Å². The van der Waals surface area contributed by atoms with Crippen LogP contribution >= 0.6 is 0 Å². The zero-order valence-corrected chi connectivity index (χ0v) is 12.3. The van der Waals surface area contributed by atoms with E-state index in [4.69, 9.17) is 5.73 Å². The van der Waals surface area contributed by atoms with E-state index in [0.717, 1.165) is 18.2 Å². The molecule has 0 aliphatic rings. The summed E-state index contributed by atoms with van der Waals surface area (Å²) in [5.74, 6) is -0.540. The number of hydrogen-bond acceptors (Lipinski definition) is 4. The third-order valence-corrected chi connectivity index (χ3v) is 5.16. The number of hydrogen-bond donors (Lipinski definition) is 2. The van der Waals surface area contributed by atoms with Crippen LogP contribution in [-0.4, -0.2) is 31.9 Å². The molecule has 6 heteroatoms. The number of rotatable bonds is 5. The van der Waals surface area contributed by atoms with Crippen molar-refractivity contribution in [2.75, 3.05) is 18.1 Å². The van der Waals surface area contributed by atoms with Gasteiger partial charge in [-0.15, -0.1) is 0 Å². The molecule has 0 aliphatic heterocycles. The van der Waals surface area contributed by atoms with Crippen LogP contribution in [0.2, 0.25) is 0 Å². The average Bonchev–Trinajstić information content (AvgIpc) is 2.30. The lowest BCUT2D eigenvalue weighted by Gasteiger charge is -2.21. The Morgan fingerprint density at radius 2 is 1.79 bits per heavy atom. The summed E-state index contributed by atoms with van der Waals surface area (Å²) in [5, 5.41) is 2.61. The lowest BCUT2D eigenvalue weighted by molar-refractivity contribution is -0.117. The molecule has 3 N–H and O–H groups in total. The van der Waals surface area contributed by atoms with Crippen LogP contribution in [0.1, 0.15) is 19.4 Å². The molecule has 1 amide bonds. The number of amides is 1. The maximum absolute atomic E-state index is 12.0. The van der Waals surface area contributed by atoms with Gasteiger partial charge in [-0.1, -0.05) is 12.1 Å². The van der Waals surface area contributed by atoms with E-state index in [-0.39, 0.29) is 0 Å². The highest BCUT2D eigenvalue weighted by molar-refractivity contribution is 7.92. The van der Waals surface area contributed by atoms with Gasteiger partial charge in [0.1, 0.15) is 4.75 Å². The molecule has 0 heterocycles. The van der Waals surface area contributed by atoms with Crippen molar-refractivity contribution in [3.8, 4) is 0 Å². The first-order chi connectivity index (χ1) is 8.68. The molecule has 0 saturated carbocycles. The minimum Gasteiger partial charge on any atom is -0.330 e. The van der Waals surface area contributed by atoms with Crippen molar-refractivity contribution in [2.45, 2.75) is 25.0 Å². The van der Waals surface area contributed by atoms with E-state index in [1.807, 2.05) is 12.1 Å². The number of benzene rings is 1. The predicted octanol–water partition coefficient (Wildman–Crippen LogP) is 0.950. The zero-order valence-electron chi connectivity index (χ0n) is 11.4. The first-order valence-electron chi connectivity index (χ1n) is 5.98. The Balaban J connectivity index is 2.83. The molecule has 1 aromatic rings. The molecule has 0 radical (unpaired) electrons. The monoisotopic (exact) mass is 284 g/mol. The van der Waals surface area contributed by atoms with Gasteiger partial charge in [-0.2, -0.15) is 0 Å². The van der Waals surface area contributed by atoms with E-state index in [1.54, 1.807) is 12.1 Å². The number of sulfone groups is 1. The van der Waals surface area contributed by atoms with Crippen LogP contribution < -0.4 is 11.1 Å². The minimum absolute atomic E-state index is 0.540. The van der Waals surface area contributed by atoms with Crippen LogP contribution in [-0.2, 0) is 21.1 Å². The van der Waals surface area contributed by atoms with Gasteiger partial charge in [0.2, 0.25) is 5.91 Å². The molecule has 106 valence electrons. The van der Waals surface area contributed by atoms with E-state index in [9.17, 15) is 13.2 Å². The predicted molar refractivity (Wildman–Crippen MR) is 76.8 cm³/mol. The standard InChI is InChI=1S/C13H20N2O3S/c1-13(2,19(3,17)18)12(16)15-11-6-4-10(5-7-11)8-9-14/h4-7H,8-9,14H2,1-3H3,(H,15,16). The Hall–Kier alpha value is -1.40. The highest BCUT2D eigenvalue weighted by atomic mass is 32.2. The van der Waals surface area contributed by atoms with Gasteiger partial charge in [0.15, 0.2) is 9.84 Å². The molecule has 0 spiro atoms. The second-order valence-corrected chi connectivity index (χ2v) is 7.54. The van der Waals surface area contributed by atoms with Gasteiger partial charge < -0.3 is 11.1 Å². The van der Waals surface area contributed by atoms with Crippen molar-refractivity contribution >= 4 is 21.4 Å². The molecule has 0 bridgehead atoms. The fourth-order valence-corrected chi connectivity index (χ4v) is 1.76. The number of nitrogens with one attached hydrogen (secondary N) is 1. The SMILES string of the molecule is CC(C)(C(=O)Nc1ccc(CCN)cc1)S(C)(=O)=O. The maximum atomic E-state index is 12.0. The molecule has 1 rings (SSSR count). The quantitative estimate of drug-likeness (QED) is 0.842. The molecule has 0 aliphatic carbocycles. The summed E-state index contributed by atoms with van der Waals surface area (Å²) < 4.78 is 21.6. The Bertz CT molecular complexity index is 548. The van der Waals surface area contributed by atoms with Crippen molar-refractivity contribution < 1.29 is 13.2 Å². The van der Waals surface area contributed by atoms with Crippen molar-refractivity contribution in [2.24, 2.45) is 5.73 Å². The van der Waals surface area contributed by atoms with E-state index in [0.29, 0.717) is 12.2 Å². The summed E-state index contributed by atoms with van der Waals surface area (Å²) >= 11 is 0. The zero-order chi connectivity index (χ0) is 14.7. The Kier molecular flexibility index (Phi) is 4.70. The summed E-state index contributed by atoms with van der Waals surface area (Å²) in [4.78, 5) is 12.0. The lowest BCUT2D eigenvalue weighted by atomic mass is 10.1. The van der Waals surface area contributed by atoms with Crippen molar-refractivity contribution in [1.82, 2.24) is 0 Å². The van der Waals surface area contributed by atoms with Crippen LogP contribution in [0, 0.1) is 0 Å². The molecule has 1 aromatic carbocycles. The molecule has 5 nitrogen and oxygen atoms in total. The Morgan fingerprint density at radius 1 is 1.26 bits per heavy atom. The average molecular weight is 284 g/mol. The number of anilines is 1. The summed E-state index contributed by atoms with van der Waals surface area (Å²) in [6.45, 7) is 3.34. The largest absolute Gasteiger partial charge is 0.330 e. The summed E-state index contributed by atoms with van der Waals surface area (Å²) in [7, 11) is -3.47. The highest BCUT2D eigenvalue weighted by Crippen LogP contribution is 2.18. The molecule has 0 aromatic heterocycles. The Labute approximate surface area is 114 Å². The van der Waals surface area contributed by atoms with Gasteiger partial charge >= 0.3 is 0 Å². The van der Waals surface area contributed by atoms with E-state index in [1.165, 1.54) is 13.8 Å². The fraction of sp³-hybridized carbons (Fsp3) is 0.462. The molecule has 0 unspecified atom stereocenters. The van der Waals surface area contributed by atoms with Gasteiger partial charge in [0.25, 0.3) is 0 Å². The van der Waals surface area contributed by atoms with Crippen LogP contribution in [0.3, 0.4) is 0 Å². The fourth-order valence-electron chi connectivity index (χ4n) is 1.37. The summed E-state index contributed by atoms with van der Waals surface area (Å²) in [5.41, 5.74) is 7.09. The van der Waals surface area contributed by atoms with E-state index in [2.05, 4.69) is 5.32 Å². The second-order valence-electron chi connectivity index (χ2n) is 4.97. The molecule has 0 atom stereocenters. The van der Waals surface area contributed by atoms with E-state index >= 15 is 0 Å². The minimum atomic E-state index is -3.47. The maximum Gasteiger partial charge on any atom is 0.245 e. The van der Waals surface area contributed by atoms with Gasteiger partial charge in [0.05, 0.1) is 0 Å². The van der Waals surface area contributed by atoms with Crippen molar-refractivity contribution in [3.63, 3.8) is 0 Å².